The fourth-order valence-electron chi connectivity index (χ4n) is 2.45. The van der Waals surface area contributed by atoms with Gasteiger partial charge in [0.15, 0.2) is 0 Å². The molecule has 6 nitrogen and oxygen atoms in total. The number of nitrogens with one attached hydrogen (secondary N) is 2. The van der Waals surface area contributed by atoms with E-state index in [-0.39, 0.29) is 18.0 Å². The molecule has 2 atom stereocenters. The van der Waals surface area contributed by atoms with Gasteiger partial charge >= 0.3 is 6.03 Å². The van der Waals surface area contributed by atoms with E-state index >= 15 is 0 Å². The van der Waals surface area contributed by atoms with Crippen molar-refractivity contribution in [1.29, 1.82) is 5.26 Å². The van der Waals surface area contributed by atoms with Crippen molar-refractivity contribution in [2.75, 3.05) is 13.1 Å². The molecule has 1 saturated heterocycles. The first kappa shape index (κ1) is 15.8. The van der Waals surface area contributed by atoms with E-state index in [9.17, 15) is 9.59 Å². The van der Waals surface area contributed by atoms with Crippen molar-refractivity contribution in [3.8, 4) is 6.07 Å². The van der Waals surface area contributed by atoms with Crippen LogP contribution in [0.3, 0.4) is 0 Å². The van der Waals surface area contributed by atoms with Gasteiger partial charge in [0.1, 0.15) is 6.04 Å². The minimum Gasteiger partial charge on any atom is -0.354 e. The molecule has 22 heavy (non-hydrogen) atoms. The van der Waals surface area contributed by atoms with Crippen molar-refractivity contribution in [1.82, 2.24) is 15.5 Å². The topological polar surface area (TPSA) is 85.2 Å². The highest BCUT2D eigenvalue weighted by atomic mass is 16.2. The monoisotopic (exact) mass is 300 g/mol. The van der Waals surface area contributed by atoms with Gasteiger partial charge in [-0.05, 0) is 38.0 Å². The molecule has 1 aromatic rings. The van der Waals surface area contributed by atoms with Crippen molar-refractivity contribution >= 4 is 11.9 Å². The average molecular weight is 300 g/mol. The number of nitriles is 1. The third-order valence-electron chi connectivity index (χ3n) is 3.84. The van der Waals surface area contributed by atoms with Gasteiger partial charge in [-0.3, -0.25) is 4.79 Å². The molecule has 116 valence electrons. The van der Waals surface area contributed by atoms with Gasteiger partial charge in [-0.15, -0.1) is 0 Å². The predicted molar refractivity (Wildman–Crippen MR) is 81.9 cm³/mol. The second-order valence-electron chi connectivity index (χ2n) is 5.42. The number of urea groups is 1. The standard InChI is InChI=1S/C16H20N4O2/c1-11(14-6-3-5-13(9-14)10-17)19-16(22)20-8-4-7-18-15(21)12(20)2/h3,5-6,9,11-12H,4,7-8H2,1-2H3,(H,18,21)(H,19,22). The van der Waals surface area contributed by atoms with Crippen LogP contribution in [0.1, 0.15) is 37.4 Å². The molecule has 1 fully saturated rings. The quantitative estimate of drug-likeness (QED) is 0.868. The summed E-state index contributed by atoms with van der Waals surface area (Å²) in [5.41, 5.74) is 1.42. The molecule has 2 N–H and O–H groups in total. The lowest BCUT2D eigenvalue weighted by Gasteiger charge is -2.27. The highest BCUT2D eigenvalue weighted by molar-refractivity contribution is 5.87. The van der Waals surface area contributed by atoms with Crippen LogP contribution in [0.25, 0.3) is 0 Å². The molecule has 0 saturated carbocycles. The van der Waals surface area contributed by atoms with Crippen molar-refractivity contribution in [2.24, 2.45) is 0 Å². The second kappa shape index (κ2) is 6.94. The van der Waals surface area contributed by atoms with Crippen molar-refractivity contribution < 1.29 is 9.59 Å². The summed E-state index contributed by atoms with van der Waals surface area (Å²) in [6.45, 7) is 4.71. The Morgan fingerprint density at radius 1 is 1.55 bits per heavy atom. The molecular weight excluding hydrogens is 280 g/mol. The largest absolute Gasteiger partial charge is 0.354 e. The minimum absolute atomic E-state index is 0.133. The molecule has 1 aliphatic heterocycles. The number of benzene rings is 1. The van der Waals surface area contributed by atoms with Crippen LogP contribution in [0, 0.1) is 11.3 Å². The Kier molecular flexibility index (Phi) is 4.99. The van der Waals surface area contributed by atoms with Gasteiger partial charge in [-0.2, -0.15) is 5.26 Å². The molecule has 0 radical (unpaired) electrons. The zero-order valence-corrected chi connectivity index (χ0v) is 12.8. The Morgan fingerprint density at radius 2 is 2.32 bits per heavy atom. The maximum absolute atomic E-state index is 12.4. The van der Waals surface area contributed by atoms with Crippen LogP contribution in [0.2, 0.25) is 0 Å². The van der Waals surface area contributed by atoms with Crippen LogP contribution in [0.5, 0.6) is 0 Å². The van der Waals surface area contributed by atoms with Crippen LogP contribution in [0.15, 0.2) is 24.3 Å². The summed E-state index contributed by atoms with van der Waals surface area (Å²) in [5, 5.41) is 14.6. The fraction of sp³-hybridized carbons (Fsp3) is 0.438. The molecule has 1 heterocycles. The predicted octanol–water partition coefficient (Wildman–Crippen LogP) is 1.54. The summed E-state index contributed by atoms with van der Waals surface area (Å²) in [5.74, 6) is -0.133. The minimum atomic E-state index is -0.486. The molecule has 2 unspecified atom stereocenters. The van der Waals surface area contributed by atoms with Crippen LogP contribution in [-0.2, 0) is 4.79 Å². The van der Waals surface area contributed by atoms with E-state index in [0.29, 0.717) is 18.7 Å². The molecular formula is C16H20N4O2. The smallest absolute Gasteiger partial charge is 0.318 e. The third kappa shape index (κ3) is 3.55. The zero-order valence-electron chi connectivity index (χ0n) is 12.8. The lowest BCUT2D eigenvalue weighted by Crippen LogP contribution is -2.49. The lowest BCUT2D eigenvalue weighted by atomic mass is 10.1. The van der Waals surface area contributed by atoms with Crippen LogP contribution < -0.4 is 10.6 Å². The number of carbonyl (C=O) groups is 2. The highest BCUT2D eigenvalue weighted by Crippen LogP contribution is 2.15. The molecule has 1 aromatic carbocycles. The summed E-state index contributed by atoms with van der Waals surface area (Å²) in [4.78, 5) is 25.8. The first-order valence-electron chi connectivity index (χ1n) is 7.38. The summed E-state index contributed by atoms with van der Waals surface area (Å²) in [6, 6.07) is 8.23. The van der Waals surface area contributed by atoms with Crippen LogP contribution in [0.4, 0.5) is 4.79 Å². The van der Waals surface area contributed by atoms with Gasteiger partial charge in [0.25, 0.3) is 0 Å². The first-order valence-corrected chi connectivity index (χ1v) is 7.38. The zero-order chi connectivity index (χ0) is 16.1. The van der Waals surface area contributed by atoms with Gasteiger partial charge in [0.2, 0.25) is 5.91 Å². The van der Waals surface area contributed by atoms with E-state index in [1.165, 1.54) is 0 Å². The van der Waals surface area contributed by atoms with E-state index in [0.717, 1.165) is 12.0 Å². The maximum atomic E-state index is 12.4. The normalized spacial score (nSPS) is 19.6. The molecule has 0 aliphatic carbocycles. The Morgan fingerprint density at radius 3 is 3.05 bits per heavy atom. The highest BCUT2D eigenvalue weighted by Gasteiger charge is 2.28. The van der Waals surface area contributed by atoms with Crippen LogP contribution in [-0.4, -0.2) is 36.0 Å². The Balaban J connectivity index is 2.06. The van der Waals surface area contributed by atoms with Crippen molar-refractivity contribution in [3.63, 3.8) is 0 Å². The SMILES string of the molecule is CC(NC(=O)N1CCCNC(=O)C1C)c1cccc(C#N)c1. The Bertz CT molecular complexity index is 608. The molecule has 1 aliphatic rings. The number of hydrogen-bond acceptors (Lipinski definition) is 3. The summed E-state index contributed by atoms with van der Waals surface area (Å²) >= 11 is 0. The molecule has 0 spiro atoms. The van der Waals surface area contributed by atoms with Crippen molar-refractivity contribution in [3.05, 3.63) is 35.4 Å². The molecule has 3 amide bonds. The third-order valence-corrected chi connectivity index (χ3v) is 3.84. The Labute approximate surface area is 130 Å². The van der Waals surface area contributed by atoms with Crippen molar-refractivity contribution in [2.45, 2.75) is 32.4 Å². The van der Waals surface area contributed by atoms with E-state index < -0.39 is 6.04 Å². The van der Waals surface area contributed by atoms with Gasteiger partial charge < -0.3 is 15.5 Å². The van der Waals surface area contributed by atoms with E-state index in [4.69, 9.17) is 5.26 Å². The molecule has 2 rings (SSSR count). The summed E-state index contributed by atoms with van der Waals surface area (Å²) in [7, 11) is 0. The summed E-state index contributed by atoms with van der Waals surface area (Å²) in [6.07, 6.45) is 0.738. The molecule has 0 aromatic heterocycles. The average Bonchev–Trinajstić information content (AvgIpc) is 2.69. The first-order chi connectivity index (χ1) is 10.5. The fourth-order valence-corrected chi connectivity index (χ4v) is 2.45. The maximum Gasteiger partial charge on any atom is 0.318 e. The van der Waals surface area contributed by atoms with Gasteiger partial charge in [0, 0.05) is 13.1 Å². The van der Waals surface area contributed by atoms with E-state index in [2.05, 4.69) is 16.7 Å². The Hall–Kier alpha value is -2.55. The number of hydrogen-bond donors (Lipinski definition) is 2. The van der Waals surface area contributed by atoms with Gasteiger partial charge in [-0.25, -0.2) is 4.79 Å². The van der Waals surface area contributed by atoms with E-state index in [1.807, 2.05) is 13.0 Å². The van der Waals surface area contributed by atoms with E-state index in [1.54, 1.807) is 30.0 Å². The number of rotatable bonds is 2. The molecule has 0 bridgehead atoms. The second-order valence-corrected chi connectivity index (χ2v) is 5.42. The van der Waals surface area contributed by atoms with Crippen LogP contribution >= 0.6 is 0 Å². The number of amides is 3. The summed E-state index contributed by atoms with van der Waals surface area (Å²) < 4.78 is 0. The number of carbonyl (C=O) groups excluding carboxylic acids is 2. The van der Waals surface area contributed by atoms with Gasteiger partial charge in [-0.1, -0.05) is 12.1 Å². The van der Waals surface area contributed by atoms with Gasteiger partial charge in [0.05, 0.1) is 17.7 Å². The number of nitrogens with zero attached hydrogens (tertiary/aromatic N) is 2. The molecule has 6 heteroatoms. The lowest BCUT2D eigenvalue weighted by molar-refractivity contribution is -0.124.